The SMILES string of the molecule is c1cc(-c2cn(Cc3ccc(N4CCC[C@@H](NCC5CCC5)C4)nn3)nn2)c2cncn2c1. The molecule has 2 fully saturated rings. The van der Waals surface area contributed by atoms with Gasteiger partial charge in [0, 0.05) is 30.9 Å². The molecule has 5 heterocycles. The van der Waals surface area contributed by atoms with Gasteiger partial charge in [0.15, 0.2) is 5.82 Å². The van der Waals surface area contributed by atoms with Gasteiger partial charge in [-0.15, -0.1) is 10.2 Å². The lowest BCUT2D eigenvalue weighted by molar-refractivity contribution is 0.280. The maximum atomic E-state index is 4.53. The lowest BCUT2D eigenvalue weighted by Crippen LogP contribution is -2.47. The molecule has 0 spiro atoms. The van der Waals surface area contributed by atoms with Gasteiger partial charge in [-0.3, -0.25) is 0 Å². The van der Waals surface area contributed by atoms with Gasteiger partial charge in [-0.25, -0.2) is 9.67 Å². The first-order chi connectivity index (χ1) is 16.3. The highest BCUT2D eigenvalue weighted by molar-refractivity contribution is 5.76. The Labute approximate surface area is 192 Å². The van der Waals surface area contributed by atoms with E-state index in [2.05, 4.69) is 41.8 Å². The van der Waals surface area contributed by atoms with Crippen molar-refractivity contribution in [1.82, 2.24) is 39.9 Å². The van der Waals surface area contributed by atoms with Gasteiger partial charge in [-0.2, -0.15) is 5.10 Å². The predicted molar refractivity (Wildman–Crippen MR) is 126 cm³/mol. The summed E-state index contributed by atoms with van der Waals surface area (Å²) in [5.41, 5.74) is 3.71. The molecule has 2 aliphatic rings. The van der Waals surface area contributed by atoms with Gasteiger partial charge >= 0.3 is 0 Å². The fourth-order valence-corrected chi connectivity index (χ4v) is 4.82. The van der Waals surface area contributed by atoms with E-state index in [0.29, 0.717) is 12.6 Å². The average Bonchev–Trinajstić information content (AvgIpc) is 3.48. The summed E-state index contributed by atoms with van der Waals surface area (Å²) in [6.07, 6.45) is 14.2. The number of pyridine rings is 1. The minimum Gasteiger partial charge on any atom is -0.354 e. The van der Waals surface area contributed by atoms with E-state index in [4.69, 9.17) is 0 Å². The quantitative estimate of drug-likeness (QED) is 0.470. The van der Waals surface area contributed by atoms with Gasteiger partial charge < -0.3 is 14.6 Å². The van der Waals surface area contributed by atoms with E-state index in [1.807, 2.05) is 41.2 Å². The van der Waals surface area contributed by atoms with E-state index in [-0.39, 0.29) is 0 Å². The van der Waals surface area contributed by atoms with Gasteiger partial charge in [-0.1, -0.05) is 11.6 Å². The molecule has 0 aromatic carbocycles. The van der Waals surface area contributed by atoms with Crippen molar-refractivity contribution in [3.05, 3.63) is 54.9 Å². The molecule has 1 aliphatic carbocycles. The van der Waals surface area contributed by atoms with Crippen molar-refractivity contribution in [3.8, 4) is 11.3 Å². The second-order valence-electron chi connectivity index (χ2n) is 9.28. The van der Waals surface area contributed by atoms with Crippen LogP contribution in [0.3, 0.4) is 0 Å². The second kappa shape index (κ2) is 8.90. The van der Waals surface area contributed by atoms with Crippen molar-refractivity contribution < 1.29 is 0 Å². The van der Waals surface area contributed by atoms with Crippen LogP contribution in [0.5, 0.6) is 0 Å². The summed E-state index contributed by atoms with van der Waals surface area (Å²) in [6, 6.07) is 8.71. The number of hydrogen-bond acceptors (Lipinski definition) is 7. The molecule has 0 unspecified atom stereocenters. The minimum atomic E-state index is 0.536. The summed E-state index contributed by atoms with van der Waals surface area (Å²) in [7, 11) is 0. The van der Waals surface area contributed by atoms with Gasteiger partial charge in [0.2, 0.25) is 0 Å². The highest BCUT2D eigenvalue weighted by Gasteiger charge is 2.23. The van der Waals surface area contributed by atoms with E-state index in [9.17, 15) is 0 Å². The van der Waals surface area contributed by atoms with Crippen LogP contribution in [0, 0.1) is 5.92 Å². The number of nitrogens with zero attached hydrogens (tertiary/aromatic N) is 8. The van der Waals surface area contributed by atoms with Crippen LogP contribution in [0.2, 0.25) is 0 Å². The van der Waals surface area contributed by atoms with Crippen LogP contribution in [-0.2, 0) is 6.54 Å². The smallest absolute Gasteiger partial charge is 0.151 e. The van der Waals surface area contributed by atoms with E-state index in [1.54, 1.807) is 11.0 Å². The maximum Gasteiger partial charge on any atom is 0.151 e. The Kier molecular flexibility index (Phi) is 5.47. The van der Waals surface area contributed by atoms with Crippen LogP contribution in [0.4, 0.5) is 5.82 Å². The van der Waals surface area contributed by atoms with Crippen molar-refractivity contribution in [2.75, 3.05) is 24.5 Å². The third kappa shape index (κ3) is 4.32. The minimum absolute atomic E-state index is 0.536. The topological polar surface area (TPSA) is 89.1 Å². The Hall–Kier alpha value is -3.33. The molecule has 1 N–H and O–H groups in total. The summed E-state index contributed by atoms with van der Waals surface area (Å²) in [4.78, 5) is 6.58. The highest BCUT2D eigenvalue weighted by Crippen LogP contribution is 2.26. The Bertz CT molecular complexity index is 1210. The number of anilines is 1. The van der Waals surface area contributed by atoms with Crippen LogP contribution in [0.1, 0.15) is 37.8 Å². The van der Waals surface area contributed by atoms with E-state index in [1.165, 1.54) is 38.6 Å². The van der Waals surface area contributed by atoms with Gasteiger partial charge in [0.1, 0.15) is 5.69 Å². The summed E-state index contributed by atoms with van der Waals surface area (Å²) in [5, 5.41) is 21.4. The molecule has 4 aromatic heterocycles. The van der Waals surface area contributed by atoms with Crippen molar-refractivity contribution in [1.29, 1.82) is 0 Å². The van der Waals surface area contributed by atoms with E-state index in [0.717, 1.165) is 47.3 Å². The fourth-order valence-electron chi connectivity index (χ4n) is 4.82. The van der Waals surface area contributed by atoms with Crippen molar-refractivity contribution in [2.24, 2.45) is 5.92 Å². The zero-order chi connectivity index (χ0) is 22.0. The van der Waals surface area contributed by atoms with Gasteiger partial charge in [0.05, 0.1) is 36.5 Å². The zero-order valence-electron chi connectivity index (χ0n) is 18.7. The average molecular weight is 444 g/mol. The zero-order valence-corrected chi connectivity index (χ0v) is 18.7. The van der Waals surface area contributed by atoms with Crippen LogP contribution < -0.4 is 10.2 Å². The summed E-state index contributed by atoms with van der Waals surface area (Å²) < 4.78 is 3.78. The fraction of sp³-hybridized carbons (Fsp3) is 0.458. The van der Waals surface area contributed by atoms with Crippen LogP contribution in [0.15, 0.2) is 49.2 Å². The number of hydrogen-bond donors (Lipinski definition) is 1. The molecule has 4 aromatic rings. The Balaban J connectivity index is 1.09. The number of imidazole rings is 1. The number of fused-ring (bicyclic) bond motifs is 1. The maximum absolute atomic E-state index is 4.53. The highest BCUT2D eigenvalue weighted by atomic mass is 15.4. The van der Waals surface area contributed by atoms with Gasteiger partial charge in [-0.05, 0) is 62.4 Å². The summed E-state index contributed by atoms with van der Waals surface area (Å²) >= 11 is 0. The number of rotatable bonds is 7. The number of aromatic nitrogens is 7. The molecule has 6 rings (SSSR count). The monoisotopic (exact) mass is 443 g/mol. The van der Waals surface area contributed by atoms with Crippen molar-refractivity contribution in [3.63, 3.8) is 0 Å². The molecule has 1 atom stereocenters. The first kappa shape index (κ1) is 20.3. The van der Waals surface area contributed by atoms with Gasteiger partial charge in [0.25, 0.3) is 0 Å². The molecular weight excluding hydrogens is 414 g/mol. The first-order valence-corrected chi connectivity index (χ1v) is 11.9. The van der Waals surface area contributed by atoms with Crippen molar-refractivity contribution >= 4 is 11.3 Å². The van der Waals surface area contributed by atoms with E-state index >= 15 is 0 Å². The molecule has 0 bridgehead atoms. The van der Waals surface area contributed by atoms with E-state index < -0.39 is 0 Å². The van der Waals surface area contributed by atoms with Crippen LogP contribution in [-0.4, -0.2) is 60.3 Å². The third-order valence-electron chi connectivity index (χ3n) is 6.96. The second-order valence-corrected chi connectivity index (χ2v) is 9.28. The molecular formula is C24H29N9. The Morgan fingerprint density at radius 3 is 2.85 bits per heavy atom. The molecule has 170 valence electrons. The first-order valence-electron chi connectivity index (χ1n) is 11.9. The lowest BCUT2D eigenvalue weighted by Gasteiger charge is -2.35. The molecule has 1 saturated carbocycles. The standard InChI is InChI=1S/C24H29N9/c1-4-18(5-1)12-26-19-6-2-10-31(14-19)24-9-8-20(27-29-24)15-33-16-22(28-30-33)21-7-3-11-32-17-25-13-23(21)32/h3,7-9,11,13,16-19,26H,1-2,4-6,10,12,14-15H2/t19-/m1/s1. The molecule has 33 heavy (non-hydrogen) atoms. The Morgan fingerprint density at radius 1 is 1.03 bits per heavy atom. The van der Waals surface area contributed by atoms with Crippen LogP contribution >= 0.6 is 0 Å². The summed E-state index contributed by atoms with van der Waals surface area (Å²) in [5.74, 6) is 1.85. The molecule has 9 heteroatoms. The van der Waals surface area contributed by atoms with Crippen LogP contribution in [0.25, 0.3) is 16.8 Å². The Morgan fingerprint density at radius 2 is 2.00 bits per heavy atom. The number of nitrogens with one attached hydrogen (secondary N) is 1. The molecule has 9 nitrogen and oxygen atoms in total. The molecule has 0 amide bonds. The predicted octanol–water partition coefficient (Wildman–Crippen LogP) is 2.79. The third-order valence-corrected chi connectivity index (χ3v) is 6.96. The summed E-state index contributed by atoms with van der Waals surface area (Å²) in [6.45, 7) is 3.75. The molecule has 1 saturated heterocycles. The number of piperidine rings is 1. The lowest BCUT2D eigenvalue weighted by atomic mass is 9.85. The normalized spacial score (nSPS) is 19.2. The largest absolute Gasteiger partial charge is 0.354 e. The van der Waals surface area contributed by atoms with Crippen molar-refractivity contribution in [2.45, 2.75) is 44.7 Å². The molecule has 1 aliphatic heterocycles. The molecule has 0 radical (unpaired) electrons.